The van der Waals surface area contributed by atoms with E-state index >= 15 is 0 Å². The van der Waals surface area contributed by atoms with Gasteiger partial charge in [-0.15, -0.1) is 11.6 Å². The average Bonchev–Trinajstić information content (AvgIpc) is 2.76. The molecule has 0 spiro atoms. The van der Waals surface area contributed by atoms with Crippen molar-refractivity contribution in [3.8, 4) is 0 Å². The molecule has 1 heterocycles. The van der Waals surface area contributed by atoms with Crippen LogP contribution in [0.4, 0.5) is 4.39 Å². The van der Waals surface area contributed by atoms with Crippen LogP contribution in [0.2, 0.25) is 0 Å². The van der Waals surface area contributed by atoms with Crippen molar-refractivity contribution in [1.82, 2.24) is 9.55 Å². The second-order valence-corrected chi connectivity index (χ2v) is 4.90. The largest absolute Gasteiger partial charge is 0.322 e. The molecule has 2 rings (SSSR count). The number of imidazole rings is 1. The Morgan fingerprint density at radius 2 is 2.22 bits per heavy atom. The summed E-state index contributed by atoms with van der Waals surface area (Å²) in [6, 6.07) is 5.22. The number of hydrogen-bond donors (Lipinski definition) is 0. The van der Waals surface area contributed by atoms with Gasteiger partial charge in [-0.05, 0) is 25.5 Å². The van der Waals surface area contributed by atoms with Gasteiger partial charge in [0.05, 0.1) is 11.4 Å². The zero-order chi connectivity index (χ0) is 13.1. The number of aromatic nitrogens is 2. The van der Waals surface area contributed by atoms with Gasteiger partial charge in [0, 0.05) is 6.04 Å². The molecule has 4 heteroatoms. The molecule has 0 aliphatic rings. The SMILES string of the molecule is CCCCC(C)n1c(CCl)nc2cccc(F)c21. The van der Waals surface area contributed by atoms with E-state index in [9.17, 15) is 4.39 Å². The van der Waals surface area contributed by atoms with E-state index in [1.165, 1.54) is 6.07 Å². The molecule has 1 aromatic heterocycles. The number of hydrogen-bond acceptors (Lipinski definition) is 1. The van der Waals surface area contributed by atoms with Gasteiger partial charge in [-0.1, -0.05) is 25.8 Å². The summed E-state index contributed by atoms with van der Waals surface area (Å²) in [5.74, 6) is 0.838. The molecule has 1 unspecified atom stereocenters. The first-order valence-electron chi connectivity index (χ1n) is 6.40. The van der Waals surface area contributed by atoms with Gasteiger partial charge in [0.15, 0.2) is 0 Å². The van der Waals surface area contributed by atoms with Crippen molar-refractivity contribution in [3.63, 3.8) is 0 Å². The maximum absolute atomic E-state index is 14.0. The molecule has 0 amide bonds. The van der Waals surface area contributed by atoms with Gasteiger partial charge in [0.2, 0.25) is 0 Å². The van der Waals surface area contributed by atoms with E-state index in [1.54, 1.807) is 6.07 Å². The maximum atomic E-state index is 14.0. The standard InChI is InChI=1S/C14H18ClFN2/c1-3-4-6-10(2)18-13(9-15)17-12-8-5-7-11(16)14(12)18/h5,7-8,10H,3-4,6,9H2,1-2H3. The number of fused-ring (bicyclic) bond motifs is 1. The molecule has 98 valence electrons. The van der Waals surface area contributed by atoms with Gasteiger partial charge in [0.1, 0.15) is 17.2 Å². The van der Waals surface area contributed by atoms with Crippen molar-refractivity contribution in [2.45, 2.75) is 45.0 Å². The van der Waals surface area contributed by atoms with Crippen LogP contribution in [-0.2, 0) is 5.88 Å². The quantitative estimate of drug-likeness (QED) is 0.721. The van der Waals surface area contributed by atoms with Gasteiger partial charge >= 0.3 is 0 Å². The number of benzene rings is 1. The molecule has 0 aliphatic heterocycles. The summed E-state index contributed by atoms with van der Waals surface area (Å²) in [5.41, 5.74) is 1.27. The fraction of sp³-hybridized carbons (Fsp3) is 0.500. The summed E-state index contributed by atoms with van der Waals surface area (Å²) in [5, 5.41) is 0. The topological polar surface area (TPSA) is 17.8 Å². The Hall–Kier alpha value is -1.09. The molecule has 0 aliphatic carbocycles. The number of rotatable bonds is 5. The average molecular weight is 269 g/mol. The van der Waals surface area contributed by atoms with Crippen LogP contribution in [0.5, 0.6) is 0 Å². The zero-order valence-corrected chi connectivity index (χ0v) is 11.5. The van der Waals surface area contributed by atoms with Gasteiger partial charge in [-0.25, -0.2) is 9.37 Å². The third-order valence-electron chi connectivity index (χ3n) is 3.27. The summed E-state index contributed by atoms with van der Waals surface area (Å²) in [6.07, 6.45) is 3.27. The molecule has 0 N–H and O–H groups in total. The third kappa shape index (κ3) is 2.37. The lowest BCUT2D eigenvalue weighted by molar-refractivity contribution is 0.479. The van der Waals surface area contributed by atoms with Crippen LogP contribution in [0.25, 0.3) is 11.0 Å². The lowest BCUT2D eigenvalue weighted by Gasteiger charge is -2.16. The molecule has 1 aromatic carbocycles. The molecular formula is C14H18ClFN2. The van der Waals surface area contributed by atoms with E-state index < -0.39 is 0 Å². The second-order valence-electron chi connectivity index (χ2n) is 4.63. The summed E-state index contributed by atoms with van der Waals surface area (Å²) >= 11 is 5.93. The van der Waals surface area contributed by atoms with Crippen LogP contribution in [0.15, 0.2) is 18.2 Å². The lowest BCUT2D eigenvalue weighted by atomic mass is 10.1. The molecule has 0 radical (unpaired) electrons. The van der Waals surface area contributed by atoms with Crippen LogP contribution < -0.4 is 0 Å². The predicted molar refractivity (Wildman–Crippen MR) is 73.5 cm³/mol. The lowest BCUT2D eigenvalue weighted by Crippen LogP contribution is -2.09. The number of halogens is 2. The van der Waals surface area contributed by atoms with Gasteiger partial charge in [-0.2, -0.15) is 0 Å². The Balaban J connectivity index is 2.52. The van der Waals surface area contributed by atoms with E-state index in [0.717, 1.165) is 25.1 Å². The molecule has 1 atom stereocenters. The zero-order valence-electron chi connectivity index (χ0n) is 10.8. The predicted octanol–water partition coefficient (Wildman–Crippen LogP) is 4.67. The molecule has 0 bridgehead atoms. The van der Waals surface area contributed by atoms with E-state index in [0.29, 0.717) is 16.9 Å². The summed E-state index contributed by atoms with van der Waals surface area (Å²) in [7, 11) is 0. The smallest absolute Gasteiger partial charge is 0.149 e. The number of alkyl halides is 1. The van der Waals surface area contributed by atoms with Crippen LogP contribution in [0, 0.1) is 5.82 Å². The Kier molecular flexibility index (Phi) is 4.23. The molecule has 2 nitrogen and oxygen atoms in total. The van der Waals surface area contributed by atoms with Crippen molar-refractivity contribution >= 4 is 22.6 Å². The number of para-hydroxylation sites is 1. The molecule has 18 heavy (non-hydrogen) atoms. The Morgan fingerprint density at radius 3 is 2.89 bits per heavy atom. The highest BCUT2D eigenvalue weighted by molar-refractivity contribution is 6.16. The summed E-state index contributed by atoms with van der Waals surface area (Å²) in [6.45, 7) is 4.25. The van der Waals surface area contributed by atoms with Crippen molar-refractivity contribution in [3.05, 3.63) is 29.8 Å². The first-order valence-corrected chi connectivity index (χ1v) is 6.93. The first-order chi connectivity index (χ1) is 8.69. The van der Waals surface area contributed by atoms with E-state index in [-0.39, 0.29) is 11.9 Å². The van der Waals surface area contributed by atoms with E-state index in [1.807, 2.05) is 10.6 Å². The van der Waals surface area contributed by atoms with Crippen molar-refractivity contribution in [2.24, 2.45) is 0 Å². The fourth-order valence-corrected chi connectivity index (χ4v) is 2.54. The van der Waals surface area contributed by atoms with Crippen LogP contribution in [0.1, 0.15) is 45.0 Å². The highest BCUT2D eigenvalue weighted by Crippen LogP contribution is 2.27. The highest BCUT2D eigenvalue weighted by atomic mass is 35.5. The fourth-order valence-electron chi connectivity index (χ4n) is 2.35. The van der Waals surface area contributed by atoms with Gasteiger partial charge in [0.25, 0.3) is 0 Å². The molecule has 0 fully saturated rings. The number of unbranched alkanes of at least 4 members (excludes halogenated alkanes) is 1. The molecule has 2 aromatic rings. The van der Waals surface area contributed by atoms with Crippen molar-refractivity contribution < 1.29 is 4.39 Å². The minimum absolute atomic E-state index is 0.222. The van der Waals surface area contributed by atoms with E-state index in [4.69, 9.17) is 11.6 Å². The summed E-state index contributed by atoms with van der Waals surface area (Å²) < 4.78 is 15.9. The Bertz CT molecular complexity index is 536. The third-order valence-corrected chi connectivity index (χ3v) is 3.51. The molecule has 0 saturated carbocycles. The first kappa shape index (κ1) is 13.3. The second kappa shape index (κ2) is 5.70. The minimum Gasteiger partial charge on any atom is -0.322 e. The van der Waals surface area contributed by atoms with Gasteiger partial charge in [-0.3, -0.25) is 0 Å². The van der Waals surface area contributed by atoms with Crippen LogP contribution in [0.3, 0.4) is 0 Å². The normalized spacial score (nSPS) is 13.1. The molecule has 0 saturated heterocycles. The Morgan fingerprint density at radius 1 is 1.44 bits per heavy atom. The molecular weight excluding hydrogens is 251 g/mol. The van der Waals surface area contributed by atoms with Crippen LogP contribution >= 0.6 is 11.6 Å². The Labute approximate surface area is 112 Å². The van der Waals surface area contributed by atoms with Gasteiger partial charge < -0.3 is 4.57 Å². The number of nitrogens with zero attached hydrogens (tertiary/aromatic N) is 2. The monoisotopic (exact) mass is 268 g/mol. The summed E-state index contributed by atoms with van der Waals surface area (Å²) in [4.78, 5) is 4.41. The maximum Gasteiger partial charge on any atom is 0.149 e. The van der Waals surface area contributed by atoms with Crippen molar-refractivity contribution in [1.29, 1.82) is 0 Å². The van der Waals surface area contributed by atoms with Crippen LogP contribution in [-0.4, -0.2) is 9.55 Å². The van der Waals surface area contributed by atoms with Crippen molar-refractivity contribution in [2.75, 3.05) is 0 Å². The minimum atomic E-state index is -0.222. The highest BCUT2D eigenvalue weighted by Gasteiger charge is 2.17. The van der Waals surface area contributed by atoms with E-state index in [2.05, 4.69) is 18.8 Å².